The summed E-state index contributed by atoms with van der Waals surface area (Å²) in [4.78, 5) is 5.84. The molecule has 3 aliphatic heterocycles. The molecule has 0 spiro atoms. The summed E-state index contributed by atoms with van der Waals surface area (Å²) in [6.45, 7) is 4.68. The molecule has 0 amide bonds. The molecular formula is C9H15NO. The summed E-state index contributed by atoms with van der Waals surface area (Å²) in [7, 11) is 0. The van der Waals surface area contributed by atoms with Gasteiger partial charge in [0, 0.05) is 13.1 Å². The van der Waals surface area contributed by atoms with Crippen LogP contribution in [0.5, 0.6) is 0 Å². The smallest absolute Gasteiger partial charge is 0.0878 e. The maximum Gasteiger partial charge on any atom is 0.0878 e. The van der Waals surface area contributed by atoms with Gasteiger partial charge in [-0.15, -0.1) is 0 Å². The van der Waals surface area contributed by atoms with E-state index in [1.165, 1.54) is 32.4 Å². The van der Waals surface area contributed by atoms with Crippen molar-refractivity contribution in [2.75, 3.05) is 13.1 Å². The molecule has 2 nitrogen and oxygen atoms in total. The van der Waals surface area contributed by atoms with Crippen molar-refractivity contribution in [1.29, 1.82) is 0 Å². The fraction of sp³-hybridized carbons (Fsp3) is 1.00. The largest absolute Gasteiger partial charge is 0.293 e. The van der Waals surface area contributed by atoms with Crippen LogP contribution in [-0.2, 0) is 4.84 Å². The van der Waals surface area contributed by atoms with E-state index in [1.54, 1.807) is 0 Å². The number of piperidine rings is 1. The third kappa shape index (κ3) is 0.859. The van der Waals surface area contributed by atoms with Gasteiger partial charge in [0.05, 0.1) is 5.60 Å². The summed E-state index contributed by atoms with van der Waals surface area (Å²) in [5.41, 5.74) is 0.226. The highest BCUT2D eigenvalue weighted by Crippen LogP contribution is 2.47. The number of nitrogens with zero attached hydrogens (tertiary/aromatic N) is 1. The zero-order valence-electron chi connectivity index (χ0n) is 7.05. The molecule has 0 aromatic heterocycles. The fourth-order valence-electron chi connectivity index (χ4n) is 3.33. The van der Waals surface area contributed by atoms with Crippen molar-refractivity contribution < 1.29 is 4.84 Å². The van der Waals surface area contributed by atoms with E-state index in [4.69, 9.17) is 4.84 Å². The molecular weight excluding hydrogens is 138 g/mol. The minimum Gasteiger partial charge on any atom is -0.293 e. The Labute approximate surface area is 67.5 Å². The topological polar surface area (TPSA) is 12.5 Å². The van der Waals surface area contributed by atoms with E-state index >= 15 is 0 Å². The second-order valence-corrected chi connectivity index (χ2v) is 4.76. The Hall–Kier alpha value is -0.0800. The van der Waals surface area contributed by atoms with Gasteiger partial charge < -0.3 is 0 Å². The van der Waals surface area contributed by atoms with Crippen molar-refractivity contribution in [3.63, 3.8) is 0 Å². The van der Waals surface area contributed by atoms with E-state index in [-0.39, 0.29) is 5.60 Å². The molecule has 4 bridgehead atoms. The molecule has 4 aliphatic rings. The van der Waals surface area contributed by atoms with E-state index < -0.39 is 0 Å². The minimum atomic E-state index is 0.226. The lowest BCUT2D eigenvalue weighted by molar-refractivity contribution is -0.333. The van der Waals surface area contributed by atoms with Gasteiger partial charge in [0.1, 0.15) is 0 Å². The maximum absolute atomic E-state index is 5.84. The molecule has 2 unspecified atom stereocenters. The summed E-state index contributed by atoms with van der Waals surface area (Å²) >= 11 is 0. The van der Waals surface area contributed by atoms with Gasteiger partial charge >= 0.3 is 0 Å². The monoisotopic (exact) mass is 153 g/mol. The second-order valence-electron chi connectivity index (χ2n) is 4.76. The molecule has 0 aromatic rings. The van der Waals surface area contributed by atoms with Crippen molar-refractivity contribution >= 4 is 0 Å². The summed E-state index contributed by atoms with van der Waals surface area (Å²) in [6, 6.07) is 0. The van der Waals surface area contributed by atoms with Crippen LogP contribution < -0.4 is 0 Å². The minimum absolute atomic E-state index is 0.226. The number of hydroxylamine groups is 2. The molecule has 3 heterocycles. The molecule has 4 fully saturated rings. The highest BCUT2D eigenvalue weighted by Gasteiger charge is 2.48. The number of hydrogen-bond acceptors (Lipinski definition) is 2. The Morgan fingerprint density at radius 2 is 1.91 bits per heavy atom. The lowest BCUT2D eigenvalue weighted by atomic mass is 9.70. The van der Waals surface area contributed by atoms with Crippen molar-refractivity contribution in [1.82, 2.24) is 5.06 Å². The van der Waals surface area contributed by atoms with Gasteiger partial charge in [0.15, 0.2) is 0 Å². The van der Waals surface area contributed by atoms with Crippen LogP contribution in [0.15, 0.2) is 0 Å². The Kier molecular flexibility index (Phi) is 1.06. The Balaban J connectivity index is 1.94. The third-order valence-electron chi connectivity index (χ3n) is 3.38. The molecule has 2 atom stereocenters. The first-order chi connectivity index (χ1) is 5.23. The first kappa shape index (κ1) is 6.44. The standard InChI is InChI=1S/C9H15NO/c1-9-3-7-2-8(4-9)6-10(5-7)11-9/h7-8H,2-6H2,1H3. The third-order valence-corrected chi connectivity index (χ3v) is 3.38. The molecule has 11 heavy (non-hydrogen) atoms. The van der Waals surface area contributed by atoms with Gasteiger partial charge in [-0.3, -0.25) is 4.84 Å². The van der Waals surface area contributed by atoms with Crippen LogP contribution in [0, 0.1) is 11.8 Å². The molecule has 0 radical (unpaired) electrons. The second kappa shape index (κ2) is 1.80. The highest BCUT2D eigenvalue weighted by atomic mass is 16.7. The van der Waals surface area contributed by atoms with Crippen molar-refractivity contribution in [2.45, 2.75) is 31.8 Å². The Morgan fingerprint density at radius 1 is 1.27 bits per heavy atom. The first-order valence-corrected chi connectivity index (χ1v) is 4.68. The summed E-state index contributed by atoms with van der Waals surface area (Å²) in [6.07, 6.45) is 4.08. The normalized spacial score (nSPS) is 60.3. The van der Waals surface area contributed by atoms with Gasteiger partial charge in [0.25, 0.3) is 0 Å². The molecule has 0 aromatic carbocycles. The van der Waals surface area contributed by atoms with Gasteiger partial charge in [0.2, 0.25) is 0 Å². The first-order valence-electron chi connectivity index (χ1n) is 4.68. The van der Waals surface area contributed by atoms with Crippen molar-refractivity contribution in [3.05, 3.63) is 0 Å². The average Bonchev–Trinajstić information content (AvgIpc) is 1.79. The maximum atomic E-state index is 5.84. The fourth-order valence-corrected chi connectivity index (χ4v) is 3.33. The van der Waals surface area contributed by atoms with Gasteiger partial charge in [-0.25, -0.2) is 0 Å². The molecule has 3 saturated heterocycles. The quantitative estimate of drug-likeness (QED) is 0.522. The Bertz CT molecular complexity index is 155. The molecule has 0 N–H and O–H groups in total. The van der Waals surface area contributed by atoms with Crippen molar-refractivity contribution in [3.8, 4) is 0 Å². The van der Waals surface area contributed by atoms with Crippen LogP contribution >= 0.6 is 0 Å². The number of hydrogen-bond donors (Lipinski definition) is 0. The van der Waals surface area contributed by atoms with E-state index in [2.05, 4.69) is 12.0 Å². The molecule has 2 heteroatoms. The Morgan fingerprint density at radius 3 is 2.36 bits per heavy atom. The van der Waals surface area contributed by atoms with Crippen LogP contribution in [0.3, 0.4) is 0 Å². The highest BCUT2D eigenvalue weighted by molar-refractivity contribution is 4.96. The van der Waals surface area contributed by atoms with Gasteiger partial charge in [-0.2, -0.15) is 5.06 Å². The van der Waals surface area contributed by atoms with Crippen LogP contribution in [0.4, 0.5) is 0 Å². The lowest BCUT2D eigenvalue weighted by Crippen LogP contribution is -2.59. The zero-order valence-corrected chi connectivity index (χ0v) is 7.05. The summed E-state index contributed by atoms with van der Waals surface area (Å²) < 4.78 is 0. The molecule has 1 saturated carbocycles. The summed E-state index contributed by atoms with van der Waals surface area (Å²) in [5, 5.41) is 2.20. The average molecular weight is 153 g/mol. The van der Waals surface area contributed by atoms with Crippen LogP contribution in [0.1, 0.15) is 26.2 Å². The lowest BCUT2D eigenvalue weighted by Gasteiger charge is -2.55. The molecule has 4 rings (SSSR count). The zero-order chi connectivity index (χ0) is 7.47. The number of rotatable bonds is 0. The predicted molar refractivity (Wildman–Crippen MR) is 41.9 cm³/mol. The van der Waals surface area contributed by atoms with E-state index in [9.17, 15) is 0 Å². The molecule has 62 valence electrons. The van der Waals surface area contributed by atoms with Gasteiger partial charge in [-0.05, 0) is 38.0 Å². The predicted octanol–water partition coefficient (Wildman–Crippen LogP) is 1.42. The summed E-state index contributed by atoms with van der Waals surface area (Å²) in [5.74, 6) is 1.89. The van der Waals surface area contributed by atoms with Crippen molar-refractivity contribution in [2.24, 2.45) is 11.8 Å². The van der Waals surface area contributed by atoms with Crippen LogP contribution in [0.25, 0.3) is 0 Å². The van der Waals surface area contributed by atoms with E-state index in [0.29, 0.717) is 0 Å². The van der Waals surface area contributed by atoms with E-state index in [1.807, 2.05) is 0 Å². The van der Waals surface area contributed by atoms with E-state index in [0.717, 1.165) is 11.8 Å². The van der Waals surface area contributed by atoms with Crippen LogP contribution in [0.2, 0.25) is 0 Å². The van der Waals surface area contributed by atoms with Gasteiger partial charge in [-0.1, -0.05) is 0 Å². The molecule has 1 aliphatic carbocycles. The van der Waals surface area contributed by atoms with Crippen LogP contribution in [-0.4, -0.2) is 23.8 Å². The SMILES string of the molecule is CC12CC3CC(CN(C3)O1)C2.